The van der Waals surface area contributed by atoms with Crippen molar-refractivity contribution in [2.24, 2.45) is 0 Å². The Hall–Kier alpha value is 0.480. The van der Waals surface area contributed by atoms with E-state index >= 15 is 0 Å². The van der Waals surface area contributed by atoms with E-state index in [0.29, 0.717) is 0 Å². The highest BCUT2D eigenvalue weighted by molar-refractivity contribution is 9.10. The van der Waals surface area contributed by atoms with Gasteiger partial charge in [-0.05, 0) is 19.3 Å². The zero-order valence-electron chi connectivity index (χ0n) is 5.80. The molecule has 3 aliphatic rings. The maximum Gasteiger partial charge on any atom is 0.290 e. The van der Waals surface area contributed by atoms with Crippen LogP contribution in [0, 0.1) is 0 Å². The molecule has 0 unspecified atom stereocenters. The van der Waals surface area contributed by atoms with Crippen molar-refractivity contribution < 1.29 is 19.4 Å². The van der Waals surface area contributed by atoms with Crippen LogP contribution in [0.3, 0.4) is 0 Å². The largest absolute Gasteiger partial charge is 0.290 e. The summed E-state index contributed by atoms with van der Waals surface area (Å²) in [5.41, 5.74) is 0. The van der Waals surface area contributed by atoms with Gasteiger partial charge in [-0.25, -0.2) is 0 Å². The van der Waals surface area contributed by atoms with Gasteiger partial charge in [0.1, 0.15) is 4.75 Å². The average Bonchev–Trinajstić information content (AvgIpc) is 1.46. The molecule has 0 atom stereocenters. The Morgan fingerprint density at radius 1 is 0.917 bits per heavy atom. The highest BCUT2D eigenvalue weighted by Crippen LogP contribution is 3.10. The lowest BCUT2D eigenvalue weighted by atomic mass is 9.55. The van der Waals surface area contributed by atoms with Crippen molar-refractivity contribution in [2.75, 3.05) is 0 Å². The highest BCUT2D eigenvalue weighted by atomic mass is 79.9. The second kappa shape index (κ2) is 1.36. The molecule has 0 spiro atoms. The fourth-order valence-electron chi connectivity index (χ4n) is 1.99. The lowest BCUT2D eigenvalue weighted by Gasteiger charge is -2.75. The molecule has 0 N–H and O–H groups in total. The Balaban J connectivity index is 2.36. The molecule has 7 heteroatoms. The minimum absolute atomic E-state index is 0.446. The van der Waals surface area contributed by atoms with E-state index in [1.54, 1.807) is 0 Å². The van der Waals surface area contributed by atoms with Crippen LogP contribution in [0.5, 0.6) is 0 Å². The predicted molar refractivity (Wildman–Crippen MR) is 41.4 cm³/mol. The summed E-state index contributed by atoms with van der Waals surface area (Å²) in [4.78, 5) is 0. The average molecular weight is 273 g/mol. The Morgan fingerprint density at radius 2 is 1.25 bits per heavy atom. The SMILES string of the molecule is FS(F)(F)(F)(F)C12CC(Br)(C1)C2. The molecule has 3 fully saturated rings. The molecule has 0 heterocycles. The van der Waals surface area contributed by atoms with Gasteiger partial charge in [-0.1, -0.05) is 35.4 Å². The maximum atomic E-state index is 12.2. The van der Waals surface area contributed by atoms with E-state index in [1.807, 2.05) is 0 Å². The second-order valence-electron chi connectivity index (χ2n) is 3.83. The molecule has 0 radical (unpaired) electrons. The van der Waals surface area contributed by atoms with E-state index in [-0.39, 0.29) is 0 Å². The van der Waals surface area contributed by atoms with Crippen LogP contribution in [0.25, 0.3) is 0 Å². The van der Waals surface area contributed by atoms with Crippen LogP contribution in [0.15, 0.2) is 0 Å². The van der Waals surface area contributed by atoms with Crippen LogP contribution >= 0.6 is 26.2 Å². The van der Waals surface area contributed by atoms with Gasteiger partial charge in [0.25, 0.3) is 10.2 Å². The Kier molecular flexibility index (Phi) is 1.02. The first-order valence-corrected chi connectivity index (χ1v) is 6.03. The van der Waals surface area contributed by atoms with Crippen LogP contribution < -0.4 is 0 Å². The molecule has 3 rings (SSSR count). The summed E-state index contributed by atoms with van der Waals surface area (Å²) in [6.07, 6.45) is -1.34. The summed E-state index contributed by atoms with van der Waals surface area (Å²) in [5.74, 6) is 0. The molecule has 3 saturated carbocycles. The van der Waals surface area contributed by atoms with E-state index in [1.165, 1.54) is 0 Å². The van der Waals surface area contributed by atoms with Gasteiger partial charge in [-0.3, -0.25) is 0 Å². The number of hydrogen-bond acceptors (Lipinski definition) is 0. The zero-order valence-corrected chi connectivity index (χ0v) is 8.20. The lowest BCUT2D eigenvalue weighted by Crippen LogP contribution is -2.72. The minimum atomic E-state index is -9.21. The summed E-state index contributed by atoms with van der Waals surface area (Å²) in [6, 6.07) is 0. The molecule has 0 nitrogen and oxygen atoms in total. The number of alkyl halides is 1. The third-order valence-corrected chi connectivity index (χ3v) is 5.65. The molecule has 0 aliphatic heterocycles. The van der Waals surface area contributed by atoms with E-state index in [4.69, 9.17) is 0 Å². The first-order chi connectivity index (χ1) is 4.87. The van der Waals surface area contributed by atoms with Crippen molar-refractivity contribution in [1.29, 1.82) is 0 Å². The van der Waals surface area contributed by atoms with Crippen LogP contribution in [-0.4, -0.2) is 9.07 Å². The summed E-state index contributed by atoms with van der Waals surface area (Å²) in [6.45, 7) is 0. The van der Waals surface area contributed by atoms with E-state index in [2.05, 4.69) is 15.9 Å². The normalized spacial score (nSPS) is 51.5. The monoisotopic (exact) mass is 272 g/mol. The molecule has 0 saturated heterocycles. The molecular formula is C5H6BrF5S. The van der Waals surface area contributed by atoms with Crippen molar-refractivity contribution in [2.45, 2.75) is 28.3 Å². The smallest absolute Gasteiger partial charge is 0.0973 e. The lowest BCUT2D eigenvalue weighted by molar-refractivity contribution is 0.0496. The predicted octanol–water partition coefficient (Wildman–Crippen LogP) is 4.35. The Labute approximate surface area is 74.4 Å². The molecule has 0 aromatic heterocycles. The van der Waals surface area contributed by atoms with E-state index in [9.17, 15) is 19.4 Å². The summed E-state index contributed by atoms with van der Waals surface area (Å²) < 4.78 is 57.9. The molecular weight excluding hydrogens is 267 g/mol. The molecule has 0 aromatic rings. The fraction of sp³-hybridized carbons (Fsp3) is 1.00. The molecule has 0 aromatic carbocycles. The van der Waals surface area contributed by atoms with Crippen LogP contribution in [-0.2, 0) is 0 Å². The Bertz CT molecular complexity index is 246. The van der Waals surface area contributed by atoms with Crippen LogP contribution in [0.2, 0.25) is 0 Å². The fourth-order valence-corrected chi connectivity index (χ4v) is 5.80. The minimum Gasteiger partial charge on any atom is -0.0973 e. The van der Waals surface area contributed by atoms with Crippen molar-refractivity contribution in [3.05, 3.63) is 0 Å². The third kappa shape index (κ3) is 0.840. The van der Waals surface area contributed by atoms with Gasteiger partial charge in [0.05, 0.1) is 0 Å². The first kappa shape index (κ1) is 9.05. The molecule has 3 aliphatic carbocycles. The third-order valence-electron chi connectivity index (χ3n) is 2.74. The standard InChI is InChI=1S/C5H6BrF5S/c6-4-1-5(2-4,3-4)12(7,8,9,10)11/h1-3H2. The molecule has 12 heavy (non-hydrogen) atoms. The molecule has 0 amide bonds. The van der Waals surface area contributed by atoms with Gasteiger partial charge in [-0.15, -0.1) is 0 Å². The summed E-state index contributed by atoms with van der Waals surface area (Å²) in [5, 5.41) is 0. The summed E-state index contributed by atoms with van der Waals surface area (Å²) >= 11 is 2.99. The van der Waals surface area contributed by atoms with Gasteiger partial charge in [0.15, 0.2) is 0 Å². The Morgan fingerprint density at radius 3 is 1.33 bits per heavy atom. The number of rotatable bonds is 1. The van der Waals surface area contributed by atoms with Crippen LogP contribution in [0.1, 0.15) is 19.3 Å². The zero-order chi connectivity index (χ0) is 9.53. The van der Waals surface area contributed by atoms with Crippen molar-refractivity contribution in [3.8, 4) is 0 Å². The van der Waals surface area contributed by atoms with Crippen molar-refractivity contribution >= 4 is 26.2 Å². The highest BCUT2D eigenvalue weighted by Gasteiger charge is 2.91. The van der Waals surface area contributed by atoms with Crippen LogP contribution in [0.4, 0.5) is 19.4 Å². The topological polar surface area (TPSA) is 0 Å². The van der Waals surface area contributed by atoms with Crippen molar-refractivity contribution in [1.82, 2.24) is 0 Å². The van der Waals surface area contributed by atoms with E-state index < -0.39 is 38.6 Å². The number of hydrogen-bond donors (Lipinski definition) is 0. The summed E-state index contributed by atoms with van der Waals surface area (Å²) in [7, 11) is -9.21. The first-order valence-electron chi connectivity index (χ1n) is 3.29. The second-order valence-corrected chi connectivity index (χ2v) is 8.32. The van der Waals surface area contributed by atoms with Gasteiger partial charge in [0.2, 0.25) is 0 Å². The number of halogens is 6. The van der Waals surface area contributed by atoms with Gasteiger partial charge < -0.3 is 0 Å². The van der Waals surface area contributed by atoms with Gasteiger partial charge in [-0.2, -0.15) is 0 Å². The van der Waals surface area contributed by atoms with E-state index in [0.717, 1.165) is 0 Å². The van der Waals surface area contributed by atoms with Crippen molar-refractivity contribution in [3.63, 3.8) is 0 Å². The molecule has 2 bridgehead atoms. The van der Waals surface area contributed by atoms with Gasteiger partial charge in [0, 0.05) is 4.32 Å². The van der Waals surface area contributed by atoms with Gasteiger partial charge >= 0.3 is 0 Å². The maximum absolute atomic E-state index is 12.2. The molecule has 74 valence electrons. The quantitative estimate of drug-likeness (QED) is 0.492.